The van der Waals surface area contributed by atoms with Crippen LogP contribution in [0.5, 0.6) is 0 Å². The van der Waals surface area contributed by atoms with Crippen molar-refractivity contribution in [2.45, 2.75) is 51.0 Å². The number of hydrogen-bond acceptors (Lipinski definition) is 3. The van der Waals surface area contributed by atoms with Crippen molar-refractivity contribution in [1.82, 2.24) is 10.2 Å². The fourth-order valence-electron chi connectivity index (χ4n) is 3.81. The summed E-state index contributed by atoms with van der Waals surface area (Å²) in [7, 11) is 0. The molecule has 1 N–H and O–H groups in total. The topological polar surface area (TPSA) is 41.6 Å². The van der Waals surface area contributed by atoms with E-state index < -0.39 is 0 Å². The van der Waals surface area contributed by atoms with E-state index >= 15 is 0 Å². The van der Waals surface area contributed by atoms with Gasteiger partial charge in [-0.1, -0.05) is 0 Å². The van der Waals surface area contributed by atoms with Gasteiger partial charge in [-0.2, -0.15) is 0 Å². The molecular weight excluding hydrogens is 276 g/mol. The summed E-state index contributed by atoms with van der Waals surface area (Å²) in [6.07, 6.45) is 7.89. The molecule has 0 aliphatic carbocycles. The second-order valence-electron chi connectivity index (χ2n) is 6.51. The molecule has 3 aliphatic rings. The molecule has 1 spiro atoms. The number of carbonyl (C=O) groups excluding carboxylic acids is 1. The van der Waals surface area contributed by atoms with Crippen molar-refractivity contribution < 1.29 is 9.53 Å². The fourth-order valence-corrected chi connectivity index (χ4v) is 3.81. The van der Waals surface area contributed by atoms with Gasteiger partial charge in [-0.25, -0.2) is 0 Å². The number of likely N-dealkylation sites (tertiary alicyclic amines) is 1. The van der Waals surface area contributed by atoms with Crippen molar-refractivity contribution in [2.75, 3.05) is 32.8 Å². The predicted octanol–water partition coefficient (Wildman–Crippen LogP) is 1.97. The molecule has 3 rings (SSSR count). The molecule has 3 heterocycles. The van der Waals surface area contributed by atoms with Crippen LogP contribution in [0.25, 0.3) is 0 Å². The van der Waals surface area contributed by atoms with Crippen LogP contribution in [0.4, 0.5) is 0 Å². The average Bonchev–Trinajstić information content (AvgIpc) is 2.85. The van der Waals surface area contributed by atoms with Crippen LogP contribution in [-0.4, -0.2) is 49.7 Å². The molecule has 4 nitrogen and oxygen atoms in total. The summed E-state index contributed by atoms with van der Waals surface area (Å²) in [6, 6.07) is 0. The highest BCUT2D eigenvalue weighted by Crippen LogP contribution is 2.38. The Morgan fingerprint density at radius 1 is 1.25 bits per heavy atom. The zero-order valence-electron chi connectivity index (χ0n) is 12.2. The van der Waals surface area contributed by atoms with E-state index in [1.165, 1.54) is 25.7 Å². The summed E-state index contributed by atoms with van der Waals surface area (Å²) in [4.78, 5) is 14.5. The molecule has 0 aromatic rings. The largest absolute Gasteiger partial charge is 0.378 e. The minimum atomic E-state index is 0. The van der Waals surface area contributed by atoms with E-state index in [4.69, 9.17) is 4.74 Å². The first-order valence-electron chi connectivity index (χ1n) is 7.88. The van der Waals surface area contributed by atoms with Crippen molar-refractivity contribution >= 4 is 18.3 Å². The number of nitrogens with one attached hydrogen (secondary N) is 1. The van der Waals surface area contributed by atoms with Crippen molar-refractivity contribution in [3.8, 4) is 0 Å². The lowest BCUT2D eigenvalue weighted by Gasteiger charge is -2.34. The van der Waals surface area contributed by atoms with Gasteiger partial charge in [-0.3, -0.25) is 4.79 Å². The summed E-state index contributed by atoms with van der Waals surface area (Å²) in [5.41, 5.74) is 0.425. The SMILES string of the molecule is Cl.O=C(CC1CCCCO1)N1CCC2(CCNCC2)C1. The highest BCUT2D eigenvalue weighted by Gasteiger charge is 2.40. The van der Waals surface area contributed by atoms with Gasteiger partial charge in [0.15, 0.2) is 0 Å². The number of amides is 1. The van der Waals surface area contributed by atoms with Crippen molar-refractivity contribution in [1.29, 1.82) is 0 Å². The van der Waals surface area contributed by atoms with Crippen LogP contribution < -0.4 is 5.32 Å². The molecule has 0 saturated carbocycles. The minimum absolute atomic E-state index is 0. The van der Waals surface area contributed by atoms with Gasteiger partial charge in [0, 0.05) is 19.7 Å². The summed E-state index contributed by atoms with van der Waals surface area (Å²) < 4.78 is 5.69. The number of piperidine rings is 1. The van der Waals surface area contributed by atoms with E-state index in [1.807, 2.05) is 0 Å². The maximum Gasteiger partial charge on any atom is 0.225 e. The van der Waals surface area contributed by atoms with Crippen LogP contribution in [0.15, 0.2) is 0 Å². The van der Waals surface area contributed by atoms with Crippen molar-refractivity contribution in [3.05, 3.63) is 0 Å². The molecule has 0 radical (unpaired) electrons. The number of halogens is 1. The summed E-state index contributed by atoms with van der Waals surface area (Å²) in [5.74, 6) is 0.322. The number of carbonyl (C=O) groups is 1. The molecule has 20 heavy (non-hydrogen) atoms. The lowest BCUT2D eigenvalue weighted by Crippen LogP contribution is -2.40. The fraction of sp³-hybridized carbons (Fsp3) is 0.933. The summed E-state index contributed by atoms with van der Waals surface area (Å²) in [6.45, 7) is 5.03. The average molecular weight is 303 g/mol. The van der Waals surface area contributed by atoms with Crippen LogP contribution in [0.2, 0.25) is 0 Å². The van der Waals surface area contributed by atoms with Gasteiger partial charge in [-0.05, 0) is 57.0 Å². The van der Waals surface area contributed by atoms with Gasteiger partial charge >= 0.3 is 0 Å². The highest BCUT2D eigenvalue weighted by atomic mass is 35.5. The number of rotatable bonds is 2. The quantitative estimate of drug-likeness (QED) is 0.848. The number of hydrogen-bond donors (Lipinski definition) is 1. The lowest BCUT2D eigenvalue weighted by molar-refractivity contribution is -0.134. The molecule has 1 atom stereocenters. The smallest absolute Gasteiger partial charge is 0.225 e. The highest BCUT2D eigenvalue weighted by molar-refractivity contribution is 5.85. The molecule has 0 aromatic heterocycles. The second kappa shape index (κ2) is 7.10. The van der Waals surface area contributed by atoms with E-state index in [0.29, 0.717) is 17.7 Å². The van der Waals surface area contributed by atoms with E-state index in [1.54, 1.807) is 0 Å². The Hall–Kier alpha value is -0.320. The Morgan fingerprint density at radius 3 is 2.75 bits per heavy atom. The van der Waals surface area contributed by atoms with E-state index in [9.17, 15) is 4.79 Å². The van der Waals surface area contributed by atoms with Crippen LogP contribution >= 0.6 is 12.4 Å². The molecule has 3 aliphatic heterocycles. The van der Waals surface area contributed by atoms with E-state index in [-0.39, 0.29) is 18.5 Å². The zero-order valence-corrected chi connectivity index (χ0v) is 13.1. The van der Waals surface area contributed by atoms with Crippen molar-refractivity contribution in [3.63, 3.8) is 0 Å². The summed E-state index contributed by atoms with van der Waals surface area (Å²) in [5, 5.41) is 3.42. The van der Waals surface area contributed by atoms with Gasteiger partial charge in [0.05, 0.1) is 12.5 Å². The third-order valence-corrected chi connectivity index (χ3v) is 5.13. The first kappa shape index (κ1) is 16.1. The molecule has 0 aromatic carbocycles. The molecule has 3 saturated heterocycles. The molecular formula is C15H27ClN2O2. The van der Waals surface area contributed by atoms with Crippen LogP contribution in [-0.2, 0) is 9.53 Å². The van der Waals surface area contributed by atoms with Crippen LogP contribution in [0.1, 0.15) is 44.9 Å². The normalized spacial score (nSPS) is 29.2. The first-order valence-corrected chi connectivity index (χ1v) is 7.88. The molecule has 3 fully saturated rings. The Kier molecular flexibility index (Phi) is 5.70. The number of nitrogens with zero attached hydrogens (tertiary/aromatic N) is 1. The lowest BCUT2D eigenvalue weighted by atomic mass is 9.78. The zero-order chi connectivity index (χ0) is 13.1. The van der Waals surface area contributed by atoms with Gasteiger partial charge < -0.3 is 15.0 Å². The third-order valence-electron chi connectivity index (χ3n) is 5.13. The van der Waals surface area contributed by atoms with Crippen LogP contribution in [0, 0.1) is 5.41 Å². The van der Waals surface area contributed by atoms with E-state index in [0.717, 1.165) is 45.6 Å². The molecule has 1 unspecified atom stereocenters. The Balaban J connectivity index is 0.00000147. The first-order chi connectivity index (χ1) is 9.27. The second-order valence-corrected chi connectivity index (χ2v) is 6.51. The van der Waals surface area contributed by atoms with E-state index in [2.05, 4.69) is 10.2 Å². The monoisotopic (exact) mass is 302 g/mol. The predicted molar refractivity (Wildman–Crippen MR) is 81.2 cm³/mol. The van der Waals surface area contributed by atoms with Gasteiger partial charge in [-0.15, -0.1) is 12.4 Å². The summed E-state index contributed by atoms with van der Waals surface area (Å²) >= 11 is 0. The molecule has 1 amide bonds. The van der Waals surface area contributed by atoms with Gasteiger partial charge in [0.25, 0.3) is 0 Å². The van der Waals surface area contributed by atoms with Gasteiger partial charge in [0.2, 0.25) is 5.91 Å². The Labute approximate surface area is 128 Å². The number of ether oxygens (including phenoxy) is 1. The molecule has 116 valence electrons. The molecule has 0 bridgehead atoms. The Bertz CT molecular complexity index is 326. The van der Waals surface area contributed by atoms with Gasteiger partial charge in [0.1, 0.15) is 0 Å². The van der Waals surface area contributed by atoms with Crippen molar-refractivity contribution in [2.24, 2.45) is 5.41 Å². The maximum absolute atomic E-state index is 12.4. The maximum atomic E-state index is 12.4. The minimum Gasteiger partial charge on any atom is -0.378 e. The Morgan fingerprint density at radius 2 is 2.05 bits per heavy atom. The molecule has 5 heteroatoms. The third kappa shape index (κ3) is 3.66. The van der Waals surface area contributed by atoms with Crippen LogP contribution in [0.3, 0.4) is 0 Å². The standard InChI is InChI=1S/C15H26N2O2.ClH/c18-14(11-13-3-1-2-10-19-13)17-9-6-15(12-17)4-7-16-8-5-15;/h13,16H,1-12H2;1H.